The summed E-state index contributed by atoms with van der Waals surface area (Å²) in [6, 6.07) is 3.93. The topological polar surface area (TPSA) is 70.9 Å². The third-order valence-electron chi connectivity index (χ3n) is 3.91. The summed E-state index contributed by atoms with van der Waals surface area (Å²) in [7, 11) is 0. The fourth-order valence-electron chi connectivity index (χ4n) is 2.75. The van der Waals surface area contributed by atoms with E-state index in [1.54, 1.807) is 0 Å². The molecule has 0 spiro atoms. The van der Waals surface area contributed by atoms with Crippen LogP contribution in [0.5, 0.6) is 0 Å². The SMILES string of the molecule is NCCC1CCC(C(=O)NCc2ccc[nH]2)CC1. The van der Waals surface area contributed by atoms with E-state index in [9.17, 15) is 4.79 Å². The number of aromatic amines is 1. The fourth-order valence-corrected chi connectivity index (χ4v) is 2.75. The average Bonchev–Trinajstić information content (AvgIpc) is 2.90. The van der Waals surface area contributed by atoms with Crippen LogP contribution in [0.25, 0.3) is 0 Å². The van der Waals surface area contributed by atoms with E-state index in [-0.39, 0.29) is 11.8 Å². The molecular formula is C14H23N3O. The maximum Gasteiger partial charge on any atom is 0.223 e. The molecule has 4 heteroatoms. The maximum absolute atomic E-state index is 12.0. The highest BCUT2D eigenvalue weighted by Gasteiger charge is 2.25. The quantitative estimate of drug-likeness (QED) is 0.744. The van der Waals surface area contributed by atoms with Gasteiger partial charge in [-0.2, -0.15) is 0 Å². The van der Waals surface area contributed by atoms with Gasteiger partial charge < -0.3 is 16.0 Å². The molecule has 0 aromatic carbocycles. The lowest BCUT2D eigenvalue weighted by Crippen LogP contribution is -2.33. The van der Waals surface area contributed by atoms with Crippen molar-refractivity contribution in [3.8, 4) is 0 Å². The van der Waals surface area contributed by atoms with Crippen molar-refractivity contribution in [2.75, 3.05) is 6.54 Å². The molecule has 1 aliphatic rings. The summed E-state index contributed by atoms with van der Waals surface area (Å²) in [6.45, 7) is 1.38. The van der Waals surface area contributed by atoms with Crippen molar-refractivity contribution in [1.29, 1.82) is 0 Å². The van der Waals surface area contributed by atoms with Crippen molar-refractivity contribution in [1.82, 2.24) is 10.3 Å². The molecule has 4 nitrogen and oxygen atoms in total. The Balaban J connectivity index is 1.70. The summed E-state index contributed by atoms with van der Waals surface area (Å²) in [5.74, 6) is 1.15. The Hall–Kier alpha value is -1.29. The highest BCUT2D eigenvalue weighted by molar-refractivity contribution is 5.78. The van der Waals surface area contributed by atoms with Gasteiger partial charge in [-0.3, -0.25) is 4.79 Å². The van der Waals surface area contributed by atoms with Gasteiger partial charge in [0.1, 0.15) is 0 Å². The van der Waals surface area contributed by atoms with Gasteiger partial charge in [-0.1, -0.05) is 0 Å². The van der Waals surface area contributed by atoms with E-state index in [1.807, 2.05) is 18.3 Å². The van der Waals surface area contributed by atoms with Gasteiger partial charge in [0.05, 0.1) is 6.54 Å². The van der Waals surface area contributed by atoms with Crippen molar-refractivity contribution in [3.63, 3.8) is 0 Å². The third-order valence-corrected chi connectivity index (χ3v) is 3.91. The van der Waals surface area contributed by atoms with Crippen LogP contribution >= 0.6 is 0 Å². The van der Waals surface area contributed by atoms with E-state index in [2.05, 4.69) is 10.3 Å². The Morgan fingerprint density at radius 1 is 1.39 bits per heavy atom. The fraction of sp³-hybridized carbons (Fsp3) is 0.643. The molecule has 1 aromatic rings. The number of carbonyl (C=O) groups is 1. The number of amides is 1. The van der Waals surface area contributed by atoms with Crippen molar-refractivity contribution in [2.24, 2.45) is 17.6 Å². The third kappa shape index (κ3) is 3.60. The Morgan fingerprint density at radius 3 is 2.78 bits per heavy atom. The standard InChI is InChI=1S/C14H23N3O/c15-8-7-11-3-5-12(6-4-11)14(18)17-10-13-2-1-9-16-13/h1-2,9,11-12,16H,3-8,10,15H2,(H,17,18). The van der Waals surface area contributed by atoms with Crippen molar-refractivity contribution in [2.45, 2.75) is 38.6 Å². The Bertz CT molecular complexity index is 353. The van der Waals surface area contributed by atoms with Crippen molar-refractivity contribution in [3.05, 3.63) is 24.0 Å². The lowest BCUT2D eigenvalue weighted by atomic mass is 9.80. The predicted octanol–water partition coefficient (Wildman–Crippen LogP) is 1.79. The minimum absolute atomic E-state index is 0.203. The minimum atomic E-state index is 0.203. The Morgan fingerprint density at radius 2 is 2.17 bits per heavy atom. The summed E-state index contributed by atoms with van der Waals surface area (Å²) in [5.41, 5.74) is 6.63. The van der Waals surface area contributed by atoms with Gasteiger partial charge in [0.2, 0.25) is 5.91 Å². The van der Waals surface area contributed by atoms with Crippen LogP contribution in [0.1, 0.15) is 37.8 Å². The van der Waals surface area contributed by atoms with Gasteiger partial charge in [-0.25, -0.2) is 0 Å². The number of nitrogens with two attached hydrogens (primary N) is 1. The highest BCUT2D eigenvalue weighted by atomic mass is 16.1. The molecule has 1 heterocycles. The number of aromatic nitrogens is 1. The monoisotopic (exact) mass is 249 g/mol. The van der Waals surface area contributed by atoms with E-state index in [1.165, 1.54) is 0 Å². The van der Waals surface area contributed by atoms with Gasteiger partial charge in [0, 0.05) is 17.8 Å². The number of H-pyrrole nitrogens is 1. The van der Waals surface area contributed by atoms with Gasteiger partial charge in [0.15, 0.2) is 0 Å². The maximum atomic E-state index is 12.0. The molecular weight excluding hydrogens is 226 g/mol. The van der Waals surface area contributed by atoms with E-state index in [0.29, 0.717) is 6.54 Å². The van der Waals surface area contributed by atoms with Gasteiger partial charge in [-0.05, 0) is 56.7 Å². The van der Waals surface area contributed by atoms with Gasteiger partial charge in [0.25, 0.3) is 0 Å². The summed E-state index contributed by atoms with van der Waals surface area (Å²) >= 11 is 0. The first-order valence-corrected chi connectivity index (χ1v) is 6.89. The molecule has 18 heavy (non-hydrogen) atoms. The average molecular weight is 249 g/mol. The van der Waals surface area contributed by atoms with Crippen LogP contribution in [-0.2, 0) is 11.3 Å². The normalized spacial score (nSPS) is 23.8. The second kappa shape index (κ2) is 6.59. The Labute approximate surface area is 108 Å². The Kier molecular flexibility index (Phi) is 4.81. The second-order valence-electron chi connectivity index (χ2n) is 5.21. The first-order chi connectivity index (χ1) is 8.79. The molecule has 2 rings (SSSR count). The van der Waals surface area contributed by atoms with Crippen LogP contribution in [0.15, 0.2) is 18.3 Å². The first-order valence-electron chi connectivity index (χ1n) is 6.89. The van der Waals surface area contributed by atoms with Crippen molar-refractivity contribution < 1.29 is 4.79 Å². The van der Waals surface area contributed by atoms with Crippen LogP contribution in [0.4, 0.5) is 0 Å². The zero-order chi connectivity index (χ0) is 12.8. The number of hydrogen-bond donors (Lipinski definition) is 3. The summed E-state index contributed by atoms with van der Waals surface area (Å²) < 4.78 is 0. The molecule has 100 valence electrons. The highest BCUT2D eigenvalue weighted by Crippen LogP contribution is 2.30. The molecule has 1 saturated carbocycles. The largest absolute Gasteiger partial charge is 0.364 e. The van der Waals surface area contributed by atoms with E-state index >= 15 is 0 Å². The lowest BCUT2D eigenvalue weighted by molar-refractivity contribution is -0.126. The molecule has 0 bridgehead atoms. The molecule has 0 saturated heterocycles. The van der Waals surface area contributed by atoms with Crippen LogP contribution in [0, 0.1) is 11.8 Å². The van der Waals surface area contributed by atoms with Crippen molar-refractivity contribution >= 4 is 5.91 Å². The van der Waals surface area contributed by atoms with Gasteiger partial charge >= 0.3 is 0 Å². The minimum Gasteiger partial charge on any atom is -0.364 e. The van der Waals surface area contributed by atoms with E-state index in [4.69, 9.17) is 5.73 Å². The lowest BCUT2D eigenvalue weighted by Gasteiger charge is -2.27. The summed E-state index contributed by atoms with van der Waals surface area (Å²) in [5, 5.41) is 3.01. The molecule has 1 fully saturated rings. The van der Waals surface area contributed by atoms with E-state index < -0.39 is 0 Å². The van der Waals surface area contributed by atoms with E-state index in [0.717, 1.165) is 50.3 Å². The predicted molar refractivity (Wildman–Crippen MR) is 71.8 cm³/mol. The number of nitrogens with one attached hydrogen (secondary N) is 2. The van der Waals surface area contributed by atoms with Crippen LogP contribution < -0.4 is 11.1 Å². The van der Waals surface area contributed by atoms with Crippen LogP contribution in [0.3, 0.4) is 0 Å². The zero-order valence-corrected chi connectivity index (χ0v) is 10.8. The zero-order valence-electron chi connectivity index (χ0n) is 10.8. The summed E-state index contributed by atoms with van der Waals surface area (Å²) in [4.78, 5) is 15.1. The first kappa shape index (κ1) is 13.1. The van der Waals surface area contributed by atoms with Crippen LogP contribution in [-0.4, -0.2) is 17.4 Å². The molecule has 4 N–H and O–H groups in total. The number of hydrogen-bond acceptors (Lipinski definition) is 2. The second-order valence-corrected chi connectivity index (χ2v) is 5.21. The number of carbonyl (C=O) groups excluding carboxylic acids is 1. The smallest absolute Gasteiger partial charge is 0.223 e. The molecule has 0 aliphatic heterocycles. The molecule has 1 amide bonds. The molecule has 0 radical (unpaired) electrons. The molecule has 0 atom stereocenters. The molecule has 0 unspecified atom stereocenters. The molecule has 1 aliphatic carbocycles. The summed E-state index contributed by atoms with van der Waals surface area (Å²) in [6.07, 6.45) is 7.31. The van der Waals surface area contributed by atoms with Crippen LogP contribution in [0.2, 0.25) is 0 Å². The molecule has 1 aromatic heterocycles. The number of rotatable bonds is 5. The van der Waals surface area contributed by atoms with Gasteiger partial charge in [-0.15, -0.1) is 0 Å².